The molecule has 2 atom stereocenters. The molecule has 0 spiro atoms. The molecule has 15 heavy (non-hydrogen) atoms. The maximum Gasteiger partial charge on any atom is 0.313 e. The van der Waals surface area contributed by atoms with Crippen molar-refractivity contribution in [3.05, 3.63) is 12.2 Å². The molecule has 1 aliphatic carbocycles. The predicted octanol–water partition coefficient (Wildman–Crippen LogP) is 1.64. The topological polar surface area (TPSA) is 38.3 Å². The average molecular weight is 209 g/mol. The van der Waals surface area contributed by atoms with Gasteiger partial charge in [-0.2, -0.15) is 0 Å². The Hall–Kier alpha value is -0.830. The molecule has 0 aromatic rings. The summed E-state index contributed by atoms with van der Waals surface area (Å²) in [5.41, 5.74) is -0.275. The van der Waals surface area contributed by atoms with E-state index in [9.17, 15) is 4.79 Å². The van der Waals surface area contributed by atoms with E-state index in [2.05, 4.69) is 17.5 Å². The van der Waals surface area contributed by atoms with Crippen molar-refractivity contribution in [3.8, 4) is 0 Å². The lowest BCUT2D eigenvalue weighted by atomic mass is 9.79. The summed E-state index contributed by atoms with van der Waals surface area (Å²) in [5.74, 6) is -0.00782. The molecule has 0 radical (unpaired) electrons. The Morgan fingerprint density at radius 3 is 3.27 bits per heavy atom. The van der Waals surface area contributed by atoms with Crippen molar-refractivity contribution >= 4 is 5.97 Å². The van der Waals surface area contributed by atoms with E-state index in [0.717, 1.165) is 32.2 Å². The number of esters is 1. The zero-order chi connectivity index (χ0) is 10.7. The number of carbonyl (C=O) groups is 1. The zero-order valence-electron chi connectivity index (χ0n) is 9.29. The first-order chi connectivity index (χ1) is 7.29. The summed E-state index contributed by atoms with van der Waals surface area (Å²) in [7, 11) is 0. The maximum atomic E-state index is 12.1. The van der Waals surface area contributed by atoms with Crippen LogP contribution in [-0.2, 0) is 9.53 Å². The lowest BCUT2D eigenvalue weighted by molar-refractivity contribution is -0.156. The van der Waals surface area contributed by atoms with E-state index in [4.69, 9.17) is 4.74 Å². The van der Waals surface area contributed by atoms with Crippen LogP contribution < -0.4 is 5.32 Å². The normalized spacial score (nSPS) is 34.6. The smallest absolute Gasteiger partial charge is 0.313 e. The van der Waals surface area contributed by atoms with Crippen molar-refractivity contribution in [2.24, 2.45) is 5.41 Å². The number of fused-ring (bicyclic) bond motifs is 1. The highest BCUT2D eigenvalue weighted by atomic mass is 16.5. The first-order valence-electron chi connectivity index (χ1n) is 5.85. The van der Waals surface area contributed by atoms with Gasteiger partial charge in [0.1, 0.15) is 0 Å². The van der Waals surface area contributed by atoms with Gasteiger partial charge < -0.3 is 10.1 Å². The monoisotopic (exact) mass is 209 g/mol. The van der Waals surface area contributed by atoms with Gasteiger partial charge in [0, 0.05) is 12.6 Å². The first kappa shape index (κ1) is 10.7. The third-order valence-electron chi connectivity index (χ3n) is 3.60. The number of hydrogen-bond donors (Lipinski definition) is 1. The fourth-order valence-electron chi connectivity index (χ4n) is 2.80. The minimum atomic E-state index is -0.275. The molecule has 3 heteroatoms. The van der Waals surface area contributed by atoms with Crippen LogP contribution in [0.25, 0.3) is 0 Å². The quantitative estimate of drug-likeness (QED) is 0.555. The van der Waals surface area contributed by atoms with Crippen LogP contribution in [0, 0.1) is 5.41 Å². The van der Waals surface area contributed by atoms with Gasteiger partial charge >= 0.3 is 5.97 Å². The largest absolute Gasteiger partial charge is 0.466 e. The van der Waals surface area contributed by atoms with Crippen LogP contribution in [0.4, 0.5) is 0 Å². The molecule has 2 aliphatic rings. The fourth-order valence-corrected chi connectivity index (χ4v) is 2.80. The zero-order valence-corrected chi connectivity index (χ0v) is 9.29. The molecule has 84 valence electrons. The van der Waals surface area contributed by atoms with Crippen molar-refractivity contribution < 1.29 is 9.53 Å². The van der Waals surface area contributed by atoms with Crippen molar-refractivity contribution in [1.29, 1.82) is 0 Å². The molecular weight excluding hydrogens is 190 g/mol. The van der Waals surface area contributed by atoms with Gasteiger partial charge in [-0.05, 0) is 26.2 Å². The molecule has 0 aromatic heterocycles. The second kappa shape index (κ2) is 4.35. The number of allylic oxidation sites excluding steroid dienone is 1. The predicted molar refractivity (Wildman–Crippen MR) is 58.5 cm³/mol. The van der Waals surface area contributed by atoms with Crippen molar-refractivity contribution in [3.63, 3.8) is 0 Å². The third-order valence-corrected chi connectivity index (χ3v) is 3.60. The van der Waals surface area contributed by atoms with Crippen LogP contribution in [-0.4, -0.2) is 25.2 Å². The Balaban J connectivity index is 2.19. The molecule has 0 unspecified atom stereocenters. The summed E-state index contributed by atoms with van der Waals surface area (Å²) < 4.78 is 5.23. The number of rotatable bonds is 2. The van der Waals surface area contributed by atoms with Gasteiger partial charge in [0.15, 0.2) is 0 Å². The standard InChI is InChI=1S/C12H19NO2/c1-2-15-11(14)12-7-3-4-9-13-10(12)6-5-8-12/h3-4,10,13H,2,5-9H2,1H3/t10-,12+/m1/s1. The maximum absolute atomic E-state index is 12.1. The molecule has 1 N–H and O–H groups in total. The lowest BCUT2D eigenvalue weighted by Crippen LogP contribution is -2.46. The van der Waals surface area contributed by atoms with Gasteiger partial charge in [-0.3, -0.25) is 4.79 Å². The molecule has 1 heterocycles. The Morgan fingerprint density at radius 1 is 1.60 bits per heavy atom. The fraction of sp³-hybridized carbons (Fsp3) is 0.750. The Labute approximate surface area is 90.9 Å². The Bertz CT molecular complexity index is 275. The molecule has 0 saturated heterocycles. The average Bonchev–Trinajstić information content (AvgIpc) is 2.53. The molecule has 0 amide bonds. The molecule has 1 saturated carbocycles. The van der Waals surface area contributed by atoms with Gasteiger partial charge in [-0.1, -0.05) is 18.6 Å². The van der Waals surface area contributed by atoms with E-state index in [-0.39, 0.29) is 11.4 Å². The van der Waals surface area contributed by atoms with Gasteiger partial charge in [-0.15, -0.1) is 0 Å². The van der Waals surface area contributed by atoms with E-state index in [0.29, 0.717) is 12.6 Å². The highest BCUT2D eigenvalue weighted by Crippen LogP contribution is 2.43. The van der Waals surface area contributed by atoms with Crippen LogP contribution in [0.2, 0.25) is 0 Å². The molecular formula is C12H19NO2. The second-order valence-corrected chi connectivity index (χ2v) is 4.41. The van der Waals surface area contributed by atoms with Gasteiger partial charge in [0.2, 0.25) is 0 Å². The minimum Gasteiger partial charge on any atom is -0.466 e. The summed E-state index contributed by atoms with van der Waals surface area (Å²) >= 11 is 0. The molecule has 1 fully saturated rings. The van der Waals surface area contributed by atoms with E-state index < -0.39 is 0 Å². The van der Waals surface area contributed by atoms with Crippen LogP contribution >= 0.6 is 0 Å². The molecule has 0 bridgehead atoms. The third kappa shape index (κ3) is 1.81. The van der Waals surface area contributed by atoms with E-state index in [1.54, 1.807) is 0 Å². The van der Waals surface area contributed by atoms with Gasteiger partial charge in [0.25, 0.3) is 0 Å². The molecule has 0 aromatic carbocycles. The first-order valence-corrected chi connectivity index (χ1v) is 5.85. The summed E-state index contributed by atoms with van der Waals surface area (Å²) in [4.78, 5) is 12.1. The highest BCUT2D eigenvalue weighted by molar-refractivity contribution is 5.78. The van der Waals surface area contributed by atoms with Crippen molar-refractivity contribution in [2.75, 3.05) is 13.2 Å². The Kier molecular flexibility index (Phi) is 3.10. The van der Waals surface area contributed by atoms with Crippen molar-refractivity contribution in [1.82, 2.24) is 5.32 Å². The Morgan fingerprint density at radius 2 is 2.47 bits per heavy atom. The molecule has 2 rings (SSSR count). The van der Waals surface area contributed by atoms with Crippen LogP contribution in [0.1, 0.15) is 32.6 Å². The number of carbonyl (C=O) groups excluding carboxylic acids is 1. The van der Waals surface area contributed by atoms with Gasteiger partial charge in [-0.25, -0.2) is 0 Å². The van der Waals surface area contributed by atoms with E-state index in [1.807, 2.05) is 6.92 Å². The summed E-state index contributed by atoms with van der Waals surface area (Å²) in [6.07, 6.45) is 8.26. The van der Waals surface area contributed by atoms with Crippen molar-refractivity contribution in [2.45, 2.75) is 38.6 Å². The second-order valence-electron chi connectivity index (χ2n) is 4.41. The van der Waals surface area contributed by atoms with Gasteiger partial charge in [0.05, 0.1) is 12.0 Å². The molecule has 3 nitrogen and oxygen atoms in total. The van der Waals surface area contributed by atoms with Crippen LogP contribution in [0.5, 0.6) is 0 Å². The van der Waals surface area contributed by atoms with E-state index in [1.165, 1.54) is 0 Å². The lowest BCUT2D eigenvalue weighted by Gasteiger charge is -2.31. The van der Waals surface area contributed by atoms with Crippen LogP contribution in [0.15, 0.2) is 12.2 Å². The van der Waals surface area contributed by atoms with E-state index >= 15 is 0 Å². The summed E-state index contributed by atoms with van der Waals surface area (Å²) in [5, 5.41) is 3.44. The summed E-state index contributed by atoms with van der Waals surface area (Å²) in [6.45, 7) is 3.24. The number of hydrogen-bond acceptors (Lipinski definition) is 3. The summed E-state index contributed by atoms with van der Waals surface area (Å²) in [6, 6.07) is 0.312. The molecule has 1 aliphatic heterocycles. The SMILES string of the molecule is CCOC(=O)[C@]12CC=CCN[C@@H]1CCC2. The number of ether oxygens (including phenoxy) is 1. The highest BCUT2D eigenvalue weighted by Gasteiger charge is 2.49. The van der Waals surface area contributed by atoms with Crippen LogP contribution in [0.3, 0.4) is 0 Å². The minimum absolute atomic E-state index is 0.00782. The number of nitrogens with one attached hydrogen (secondary N) is 1.